The highest BCUT2D eigenvalue weighted by molar-refractivity contribution is 5.97. The molecule has 142 valence electrons. The van der Waals surface area contributed by atoms with Crippen LogP contribution in [-0.4, -0.2) is 0 Å². The summed E-state index contributed by atoms with van der Waals surface area (Å²) in [5.41, 5.74) is 11.9. The number of hydrogen-bond donors (Lipinski definition) is 1. The van der Waals surface area contributed by atoms with Crippen molar-refractivity contribution in [2.75, 3.05) is 5.73 Å². The molecule has 0 atom stereocenters. The Balaban J connectivity index is 1.61. The van der Waals surface area contributed by atoms with Crippen LogP contribution in [0.15, 0.2) is 99.3 Å². The largest absolute Gasteiger partial charge is 0.397 e. The second-order valence-corrected chi connectivity index (χ2v) is 6.88. The zero-order valence-electron chi connectivity index (χ0n) is 16.4. The predicted octanol–water partition coefficient (Wildman–Crippen LogP) is 7.87. The zero-order valence-corrected chi connectivity index (χ0v) is 16.4. The van der Waals surface area contributed by atoms with Crippen LogP contribution >= 0.6 is 0 Å². The standard InChI is InChI=1S/C24H21N5/c1-16-7-3-6-10-22(16)27-26-19-12-14-23(17(2)15-19)28-29-24-20-9-5-4-8-18(20)11-13-21(24)25/h3-15H,25H2,1-2H3. The molecule has 0 saturated carbocycles. The lowest BCUT2D eigenvalue weighted by Gasteiger charge is -2.05. The summed E-state index contributed by atoms with van der Waals surface area (Å²) in [6, 6.07) is 25.5. The van der Waals surface area contributed by atoms with Crippen molar-refractivity contribution in [2.45, 2.75) is 13.8 Å². The molecule has 0 aliphatic rings. The molecule has 0 unspecified atom stereocenters. The van der Waals surface area contributed by atoms with Crippen LogP contribution in [0.1, 0.15) is 11.1 Å². The fourth-order valence-electron chi connectivity index (χ4n) is 3.09. The summed E-state index contributed by atoms with van der Waals surface area (Å²) in [5, 5.41) is 19.6. The minimum atomic E-state index is 0.605. The summed E-state index contributed by atoms with van der Waals surface area (Å²) in [7, 11) is 0. The Hall–Kier alpha value is -3.86. The lowest BCUT2D eigenvalue weighted by atomic mass is 10.1. The van der Waals surface area contributed by atoms with Crippen molar-refractivity contribution in [3.05, 3.63) is 90.0 Å². The van der Waals surface area contributed by atoms with E-state index in [9.17, 15) is 0 Å². The van der Waals surface area contributed by atoms with E-state index in [4.69, 9.17) is 5.73 Å². The number of nitrogens with two attached hydrogens (primary N) is 1. The molecule has 0 spiro atoms. The van der Waals surface area contributed by atoms with E-state index in [0.29, 0.717) is 11.4 Å². The fourth-order valence-corrected chi connectivity index (χ4v) is 3.09. The van der Waals surface area contributed by atoms with E-state index in [1.807, 2.05) is 92.7 Å². The van der Waals surface area contributed by atoms with E-state index in [0.717, 1.165) is 39.0 Å². The zero-order chi connectivity index (χ0) is 20.2. The molecule has 5 nitrogen and oxygen atoms in total. The maximum Gasteiger partial charge on any atom is 0.116 e. The maximum atomic E-state index is 6.14. The summed E-state index contributed by atoms with van der Waals surface area (Å²) < 4.78 is 0. The minimum Gasteiger partial charge on any atom is -0.397 e. The van der Waals surface area contributed by atoms with Crippen LogP contribution < -0.4 is 5.73 Å². The van der Waals surface area contributed by atoms with Gasteiger partial charge in [0.2, 0.25) is 0 Å². The molecular weight excluding hydrogens is 358 g/mol. The maximum absolute atomic E-state index is 6.14. The predicted molar refractivity (Wildman–Crippen MR) is 119 cm³/mol. The smallest absolute Gasteiger partial charge is 0.116 e. The molecule has 0 aliphatic carbocycles. The average Bonchev–Trinajstić information content (AvgIpc) is 2.73. The Morgan fingerprint density at radius 1 is 0.621 bits per heavy atom. The topological polar surface area (TPSA) is 75.5 Å². The Morgan fingerprint density at radius 2 is 1.34 bits per heavy atom. The summed E-state index contributed by atoms with van der Waals surface area (Å²) >= 11 is 0. The van der Waals surface area contributed by atoms with Crippen molar-refractivity contribution in [1.82, 2.24) is 0 Å². The Morgan fingerprint density at radius 3 is 2.17 bits per heavy atom. The van der Waals surface area contributed by atoms with Gasteiger partial charge in [-0.05, 0) is 60.7 Å². The second kappa shape index (κ2) is 8.02. The number of hydrogen-bond acceptors (Lipinski definition) is 5. The summed E-state index contributed by atoms with van der Waals surface area (Å²) in [4.78, 5) is 0. The third-order valence-electron chi connectivity index (χ3n) is 4.76. The summed E-state index contributed by atoms with van der Waals surface area (Å²) in [5.74, 6) is 0. The van der Waals surface area contributed by atoms with Gasteiger partial charge in [0.05, 0.1) is 22.7 Å². The van der Waals surface area contributed by atoms with E-state index in [1.165, 1.54) is 0 Å². The van der Waals surface area contributed by atoms with Crippen LogP contribution in [0.5, 0.6) is 0 Å². The Kier molecular flexibility index (Phi) is 5.12. The van der Waals surface area contributed by atoms with E-state index in [2.05, 4.69) is 20.5 Å². The van der Waals surface area contributed by atoms with Gasteiger partial charge in [0.25, 0.3) is 0 Å². The molecule has 0 aromatic heterocycles. The number of fused-ring (bicyclic) bond motifs is 1. The van der Waals surface area contributed by atoms with E-state index < -0.39 is 0 Å². The van der Waals surface area contributed by atoms with Crippen molar-refractivity contribution in [3.63, 3.8) is 0 Å². The van der Waals surface area contributed by atoms with E-state index >= 15 is 0 Å². The lowest BCUT2D eigenvalue weighted by Crippen LogP contribution is -1.86. The summed E-state index contributed by atoms with van der Waals surface area (Å²) in [6.45, 7) is 4.00. The van der Waals surface area contributed by atoms with Gasteiger partial charge in [-0.15, -0.1) is 5.11 Å². The highest BCUT2D eigenvalue weighted by Gasteiger charge is 2.05. The van der Waals surface area contributed by atoms with Gasteiger partial charge in [-0.3, -0.25) is 0 Å². The van der Waals surface area contributed by atoms with Crippen molar-refractivity contribution in [2.24, 2.45) is 20.5 Å². The molecular formula is C24H21N5. The number of rotatable bonds is 4. The number of nitrogen functional groups attached to an aromatic ring is 1. The van der Waals surface area contributed by atoms with Crippen molar-refractivity contribution >= 4 is 39.2 Å². The molecule has 2 N–H and O–H groups in total. The second-order valence-electron chi connectivity index (χ2n) is 6.88. The van der Waals surface area contributed by atoms with Gasteiger partial charge < -0.3 is 5.73 Å². The molecule has 0 amide bonds. The number of benzene rings is 4. The molecule has 0 bridgehead atoms. The Bertz CT molecular complexity index is 1240. The number of nitrogens with zero attached hydrogens (tertiary/aromatic N) is 4. The third kappa shape index (κ3) is 4.04. The molecule has 4 aromatic rings. The number of azo groups is 2. The summed E-state index contributed by atoms with van der Waals surface area (Å²) in [6.07, 6.45) is 0. The fraction of sp³-hybridized carbons (Fsp3) is 0.0833. The molecule has 4 aromatic carbocycles. The lowest BCUT2D eigenvalue weighted by molar-refractivity contribution is 1.19. The quantitative estimate of drug-likeness (QED) is 0.284. The Labute approximate surface area is 169 Å². The van der Waals surface area contributed by atoms with Crippen LogP contribution in [0.25, 0.3) is 10.8 Å². The van der Waals surface area contributed by atoms with Gasteiger partial charge in [-0.1, -0.05) is 48.5 Å². The first-order valence-electron chi connectivity index (χ1n) is 9.39. The van der Waals surface area contributed by atoms with Crippen LogP contribution in [0.3, 0.4) is 0 Å². The highest BCUT2D eigenvalue weighted by Crippen LogP contribution is 2.34. The first kappa shape index (κ1) is 18.5. The number of anilines is 1. The van der Waals surface area contributed by atoms with Crippen LogP contribution in [0.4, 0.5) is 28.4 Å². The first-order chi connectivity index (χ1) is 14.1. The van der Waals surface area contributed by atoms with Gasteiger partial charge in [0.15, 0.2) is 0 Å². The molecule has 5 heteroatoms. The van der Waals surface area contributed by atoms with Gasteiger partial charge in [0, 0.05) is 5.39 Å². The van der Waals surface area contributed by atoms with Gasteiger partial charge in [-0.2, -0.15) is 15.3 Å². The third-order valence-corrected chi connectivity index (χ3v) is 4.76. The van der Waals surface area contributed by atoms with Crippen molar-refractivity contribution in [3.8, 4) is 0 Å². The van der Waals surface area contributed by atoms with E-state index in [1.54, 1.807) is 0 Å². The molecule has 0 aliphatic heterocycles. The molecule has 0 radical (unpaired) electrons. The molecule has 0 saturated heterocycles. The normalized spacial score (nSPS) is 11.7. The van der Waals surface area contributed by atoms with Gasteiger partial charge in [-0.25, -0.2) is 0 Å². The highest BCUT2D eigenvalue weighted by atomic mass is 15.1. The van der Waals surface area contributed by atoms with Crippen LogP contribution in [0, 0.1) is 13.8 Å². The van der Waals surface area contributed by atoms with Gasteiger partial charge in [0.1, 0.15) is 5.69 Å². The molecule has 0 fully saturated rings. The minimum absolute atomic E-state index is 0.605. The molecule has 0 heterocycles. The molecule has 29 heavy (non-hydrogen) atoms. The van der Waals surface area contributed by atoms with Crippen LogP contribution in [0.2, 0.25) is 0 Å². The van der Waals surface area contributed by atoms with Gasteiger partial charge >= 0.3 is 0 Å². The SMILES string of the molecule is Cc1ccccc1N=Nc1ccc(N=Nc2c(N)ccc3ccccc23)c(C)c1. The molecule has 4 rings (SSSR count). The average molecular weight is 379 g/mol. The van der Waals surface area contributed by atoms with E-state index in [-0.39, 0.29) is 0 Å². The monoisotopic (exact) mass is 379 g/mol. The van der Waals surface area contributed by atoms with Crippen molar-refractivity contribution < 1.29 is 0 Å². The van der Waals surface area contributed by atoms with Crippen molar-refractivity contribution in [1.29, 1.82) is 0 Å². The number of aryl methyl sites for hydroxylation is 2. The van der Waals surface area contributed by atoms with Crippen LogP contribution in [-0.2, 0) is 0 Å². The first-order valence-corrected chi connectivity index (χ1v) is 9.39.